The summed E-state index contributed by atoms with van der Waals surface area (Å²) >= 11 is 0. The van der Waals surface area contributed by atoms with Crippen LogP contribution in [0.3, 0.4) is 0 Å². The van der Waals surface area contributed by atoms with Gasteiger partial charge >= 0.3 is 0 Å². The fourth-order valence-electron chi connectivity index (χ4n) is 1.40. The van der Waals surface area contributed by atoms with Gasteiger partial charge in [-0.3, -0.25) is 14.9 Å². The van der Waals surface area contributed by atoms with E-state index in [0.717, 1.165) is 18.6 Å². The summed E-state index contributed by atoms with van der Waals surface area (Å²) in [5.41, 5.74) is -0.533. The van der Waals surface area contributed by atoms with Crippen LogP contribution in [0, 0.1) is 10.1 Å². The number of amides is 1. The van der Waals surface area contributed by atoms with E-state index in [2.05, 4.69) is 5.32 Å². The first kappa shape index (κ1) is 16.1. The van der Waals surface area contributed by atoms with Gasteiger partial charge < -0.3 is 5.32 Å². The van der Waals surface area contributed by atoms with Gasteiger partial charge in [-0.1, -0.05) is 19.1 Å². The average molecular weight is 301 g/mol. The summed E-state index contributed by atoms with van der Waals surface area (Å²) in [6.07, 6.45) is 0.725. The monoisotopic (exact) mass is 301 g/mol. The molecule has 0 bridgehead atoms. The van der Waals surface area contributed by atoms with Crippen LogP contribution in [0.15, 0.2) is 29.2 Å². The number of sulfonamides is 1. The van der Waals surface area contributed by atoms with Gasteiger partial charge in [0.15, 0.2) is 4.90 Å². The summed E-state index contributed by atoms with van der Waals surface area (Å²) in [4.78, 5) is 20.9. The second kappa shape index (κ2) is 6.96. The van der Waals surface area contributed by atoms with E-state index >= 15 is 0 Å². The van der Waals surface area contributed by atoms with Crippen molar-refractivity contribution >= 4 is 21.6 Å². The highest BCUT2D eigenvalue weighted by atomic mass is 32.2. The Bertz CT molecular complexity index is 600. The van der Waals surface area contributed by atoms with Crippen LogP contribution in [0.1, 0.15) is 13.3 Å². The molecule has 0 aliphatic carbocycles. The van der Waals surface area contributed by atoms with Crippen molar-refractivity contribution in [3.63, 3.8) is 0 Å². The standard InChI is InChI=1S/C11H15N3O5S/c1-2-7-12-11(15)8-13-20(18,19)10-6-4-3-5-9(10)14(16)17/h3-6,13H,2,7-8H2,1H3,(H,12,15). The molecule has 1 amide bonds. The number of hydrogen-bond donors (Lipinski definition) is 2. The van der Waals surface area contributed by atoms with Crippen LogP contribution in [0.2, 0.25) is 0 Å². The fraction of sp³-hybridized carbons (Fsp3) is 0.364. The van der Waals surface area contributed by atoms with Crippen molar-refractivity contribution < 1.29 is 18.1 Å². The number of nitro groups is 1. The van der Waals surface area contributed by atoms with Gasteiger partial charge in [0.05, 0.1) is 11.5 Å². The Labute approximate surface area is 116 Å². The molecule has 0 saturated heterocycles. The van der Waals surface area contributed by atoms with Crippen LogP contribution in [-0.2, 0) is 14.8 Å². The zero-order chi connectivity index (χ0) is 15.2. The van der Waals surface area contributed by atoms with Gasteiger partial charge in [0.1, 0.15) is 0 Å². The normalized spacial score (nSPS) is 11.1. The maximum Gasteiger partial charge on any atom is 0.289 e. The Balaban J connectivity index is 2.85. The number of nitrogens with zero attached hydrogens (tertiary/aromatic N) is 1. The zero-order valence-corrected chi connectivity index (χ0v) is 11.6. The Kier molecular flexibility index (Phi) is 5.59. The van der Waals surface area contributed by atoms with E-state index in [1.165, 1.54) is 12.1 Å². The molecule has 8 nitrogen and oxygen atoms in total. The molecule has 1 rings (SSSR count). The van der Waals surface area contributed by atoms with Crippen LogP contribution in [0.25, 0.3) is 0 Å². The highest BCUT2D eigenvalue weighted by molar-refractivity contribution is 7.89. The van der Waals surface area contributed by atoms with Crippen molar-refractivity contribution in [1.82, 2.24) is 10.0 Å². The SMILES string of the molecule is CCCNC(=O)CNS(=O)(=O)c1ccccc1[N+](=O)[O-]. The summed E-state index contributed by atoms with van der Waals surface area (Å²) in [7, 11) is -4.11. The molecule has 9 heteroatoms. The Morgan fingerprint density at radius 1 is 1.35 bits per heavy atom. The van der Waals surface area contributed by atoms with Crippen molar-refractivity contribution in [2.24, 2.45) is 0 Å². The summed E-state index contributed by atoms with van der Waals surface area (Å²) in [6.45, 7) is 1.83. The van der Waals surface area contributed by atoms with E-state index in [1.54, 1.807) is 0 Å². The van der Waals surface area contributed by atoms with E-state index in [-0.39, 0.29) is 0 Å². The first-order valence-electron chi connectivity index (χ1n) is 5.88. The minimum atomic E-state index is -4.11. The third-order valence-electron chi connectivity index (χ3n) is 2.35. The molecular formula is C11H15N3O5S. The maximum atomic E-state index is 11.9. The molecule has 0 aliphatic rings. The lowest BCUT2D eigenvalue weighted by molar-refractivity contribution is -0.387. The third-order valence-corrected chi connectivity index (χ3v) is 3.80. The van der Waals surface area contributed by atoms with Crippen LogP contribution >= 0.6 is 0 Å². The summed E-state index contributed by atoms with van der Waals surface area (Å²) in [5.74, 6) is -0.492. The number of rotatable bonds is 7. The first-order chi connectivity index (χ1) is 9.38. The second-order valence-corrected chi connectivity index (χ2v) is 5.63. The molecule has 0 aliphatic heterocycles. The number of para-hydroxylation sites is 1. The van der Waals surface area contributed by atoms with E-state index < -0.39 is 38.0 Å². The van der Waals surface area contributed by atoms with E-state index in [0.29, 0.717) is 6.54 Å². The fourth-order valence-corrected chi connectivity index (χ4v) is 2.55. The van der Waals surface area contributed by atoms with E-state index in [1.807, 2.05) is 11.6 Å². The molecule has 20 heavy (non-hydrogen) atoms. The van der Waals surface area contributed by atoms with Crippen molar-refractivity contribution in [3.8, 4) is 0 Å². The number of nitro benzene ring substituents is 1. The Hall–Kier alpha value is -2.00. The Morgan fingerprint density at radius 3 is 2.60 bits per heavy atom. The lowest BCUT2D eigenvalue weighted by atomic mass is 10.3. The van der Waals surface area contributed by atoms with Gasteiger partial charge in [-0.05, 0) is 12.5 Å². The molecule has 110 valence electrons. The number of hydrogen-bond acceptors (Lipinski definition) is 5. The predicted molar refractivity (Wildman–Crippen MR) is 71.6 cm³/mol. The number of carbonyl (C=O) groups excluding carboxylic acids is 1. The van der Waals surface area contributed by atoms with Gasteiger partial charge in [0.2, 0.25) is 15.9 Å². The van der Waals surface area contributed by atoms with E-state index in [9.17, 15) is 23.3 Å². The van der Waals surface area contributed by atoms with Gasteiger partial charge in [-0.15, -0.1) is 0 Å². The predicted octanol–water partition coefficient (Wildman–Crippen LogP) is 0.399. The Morgan fingerprint density at radius 2 is 2.00 bits per heavy atom. The molecule has 1 aromatic carbocycles. The molecule has 1 aromatic rings. The molecule has 2 N–H and O–H groups in total. The van der Waals surface area contributed by atoms with Gasteiger partial charge in [0, 0.05) is 12.6 Å². The molecule has 0 heterocycles. The van der Waals surface area contributed by atoms with Crippen molar-refractivity contribution in [2.45, 2.75) is 18.2 Å². The second-order valence-electron chi connectivity index (χ2n) is 3.90. The van der Waals surface area contributed by atoms with Crippen molar-refractivity contribution in [3.05, 3.63) is 34.4 Å². The van der Waals surface area contributed by atoms with Gasteiger partial charge in [0.25, 0.3) is 5.69 Å². The highest BCUT2D eigenvalue weighted by Gasteiger charge is 2.25. The van der Waals surface area contributed by atoms with Crippen LogP contribution in [-0.4, -0.2) is 32.3 Å². The van der Waals surface area contributed by atoms with Gasteiger partial charge in [-0.25, -0.2) is 13.1 Å². The highest BCUT2D eigenvalue weighted by Crippen LogP contribution is 2.22. The summed E-state index contributed by atoms with van der Waals surface area (Å²) in [6, 6.07) is 4.94. The maximum absolute atomic E-state index is 11.9. The quantitative estimate of drug-likeness (QED) is 0.558. The topological polar surface area (TPSA) is 118 Å². The summed E-state index contributed by atoms with van der Waals surface area (Å²) < 4.78 is 25.9. The average Bonchev–Trinajstić information content (AvgIpc) is 2.43. The molecule has 0 saturated carbocycles. The minimum Gasteiger partial charge on any atom is -0.355 e. The van der Waals surface area contributed by atoms with Crippen molar-refractivity contribution in [2.75, 3.05) is 13.1 Å². The molecule has 0 spiro atoms. The third kappa shape index (κ3) is 4.28. The largest absolute Gasteiger partial charge is 0.355 e. The van der Waals surface area contributed by atoms with Crippen LogP contribution < -0.4 is 10.0 Å². The van der Waals surface area contributed by atoms with Gasteiger partial charge in [-0.2, -0.15) is 0 Å². The molecule has 0 radical (unpaired) electrons. The number of carbonyl (C=O) groups is 1. The van der Waals surface area contributed by atoms with Crippen molar-refractivity contribution in [1.29, 1.82) is 0 Å². The molecule has 0 fully saturated rings. The van der Waals surface area contributed by atoms with Crippen LogP contribution in [0.5, 0.6) is 0 Å². The molecule has 0 unspecified atom stereocenters. The molecular weight excluding hydrogens is 286 g/mol. The van der Waals surface area contributed by atoms with E-state index in [4.69, 9.17) is 0 Å². The zero-order valence-electron chi connectivity index (χ0n) is 10.8. The number of nitrogens with one attached hydrogen (secondary N) is 2. The molecule has 0 atom stereocenters. The number of benzene rings is 1. The summed E-state index contributed by atoms with van der Waals surface area (Å²) in [5, 5.41) is 13.3. The lowest BCUT2D eigenvalue weighted by Crippen LogP contribution is -2.37. The lowest BCUT2D eigenvalue weighted by Gasteiger charge is -2.07. The first-order valence-corrected chi connectivity index (χ1v) is 7.36. The molecule has 0 aromatic heterocycles. The smallest absolute Gasteiger partial charge is 0.289 e. The minimum absolute atomic E-state index is 0.437. The van der Waals surface area contributed by atoms with Crippen LogP contribution in [0.4, 0.5) is 5.69 Å².